The Balaban J connectivity index is 1.54. The molecule has 0 N–H and O–H groups in total. The van der Waals surface area contributed by atoms with Crippen LogP contribution in [0.1, 0.15) is 54.6 Å². The summed E-state index contributed by atoms with van der Waals surface area (Å²) in [4.78, 5) is 20.7. The zero-order valence-corrected chi connectivity index (χ0v) is 22.3. The van der Waals surface area contributed by atoms with Crippen LogP contribution in [0.2, 0.25) is 5.02 Å². The zero-order chi connectivity index (χ0) is 25.4. The predicted molar refractivity (Wildman–Crippen MR) is 148 cm³/mol. The third-order valence-electron chi connectivity index (χ3n) is 7.02. The highest BCUT2D eigenvalue weighted by Gasteiger charge is 2.39. The van der Waals surface area contributed by atoms with Crippen molar-refractivity contribution in [3.63, 3.8) is 0 Å². The van der Waals surface area contributed by atoms with Crippen LogP contribution in [0.15, 0.2) is 58.4 Å². The average molecular weight is 522 g/mol. The largest absolute Gasteiger partial charge is 0.318 e. The lowest BCUT2D eigenvalue weighted by Crippen LogP contribution is -2.40. The van der Waals surface area contributed by atoms with Gasteiger partial charge in [-0.3, -0.25) is 9.69 Å². The maximum Gasteiger partial charge on any atom is 0.267 e. The highest BCUT2D eigenvalue weighted by molar-refractivity contribution is 8.18. The topological polar surface area (TPSA) is 37.6 Å². The second-order valence-electron chi connectivity index (χ2n) is 9.52. The van der Waals surface area contributed by atoms with Crippen molar-refractivity contribution in [2.24, 2.45) is 4.99 Å². The van der Waals surface area contributed by atoms with E-state index in [0.717, 1.165) is 58.9 Å². The SMILES string of the molecule is Cc1ccc(-n2c(C)cc(/C=C3\SC(=Nc4ccccc4F)N(C4CCCCC4)C3=O)c2C)cc1Cl. The van der Waals surface area contributed by atoms with E-state index in [1.165, 1.54) is 24.2 Å². The lowest BCUT2D eigenvalue weighted by molar-refractivity contribution is -0.124. The van der Waals surface area contributed by atoms with E-state index < -0.39 is 0 Å². The number of rotatable bonds is 4. The van der Waals surface area contributed by atoms with Crippen LogP contribution in [-0.2, 0) is 4.79 Å². The molecule has 2 heterocycles. The fourth-order valence-electron chi connectivity index (χ4n) is 5.06. The molecule has 0 spiro atoms. The number of aryl methyl sites for hydroxylation is 2. The number of halogens is 2. The molecule has 1 amide bonds. The van der Waals surface area contributed by atoms with E-state index in [4.69, 9.17) is 11.6 Å². The fraction of sp³-hybridized carbons (Fsp3) is 0.310. The molecule has 0 unspecified atom stereocenters. The number of carbonyl (C=O) groups excluding carboxylic acids is 1. The molecule has 1 saturated carbocycles. The van der Waals surface area contributed by atoms with E-state index in [0.29, 0.717) is 10.1 Å². The second-order valence-corrected chi connectivity index (χ2v) is 10.9. The maximum atomic E-state index is 14.4. The Hall–Kier alpha value is -2.83. The minimum absolute atomic E-state index is 0.0508. The van der Waals surface area contributed by atoms with Crippen LogP contribution in [-0.4, -0.2) is 26.6 Å². The molecule has 1 saturated heterocycles. The summed E-state index contributed by atoms with van der Waals surface area (Å²) in [7, 11) is 0. The van der Waals surface area contributed by atoms with Crippen LogP contribution < -0.4 is 0 Å². The zero-order valence-electron chi connectivity index (χ0n) is 20.7. The fourth-order valence-corrected chi connectivity index (χ4v) is 6.28. The van der Waals surface area contributed by atoms with E-state index in [2.05, 4.69) is 21.7 Å². The molecular formula is C29H29ClFN3OS. The van der Waals surface area contributed by atoms with Crippen molar-refractivity contribution in [2.75, 3.05) is 0 Å². The average Bonchev–Trinajstić information content (AvgIpc) is 3.32. The molecule has 186 valence electrons. The van der Waals surface area contributed by atoms with Gasteiger partial charge >= 0.3 is 0 Å². The molecule has 4 nitrogen and oxygen atoms in total. The van der Waals surface area contributed by atoms with Crippen molar-refractivity contribution in [1.82, 2.24) is 9.47 Å². The van der Waals surface area contributed by atoms with Gasteiger partial charge in [-0.1, -0.05) is 49.1 Å². The summed E-state index contributed by atoms with van der Waals surface area (Å²) in [5.41, 5.74) is 5.32. The van der Waals surface area contributed by atoms with Crippen LogP contribution in [0.5, 0.6) is 0 Å². The van der Waals surface area contributed by atoms with E-state index in [1.807, 2.05) is 39.0 Å². The monoisotopic (exact) mass is 521 g/mol. The smallest absolute Gasteiger partial charge is 0.267 e. The first-order chi connectivity index (χ1) is 17.3. The Bertz CT molecular complexity index is 1390. The molecule has 2 aromatic carbocycles. The molecule has 2 fully saturated rings. The number of carbonyl (C=O) groups is 1. The quantitative estimate of drug-likeness (QED) is 0.325. The summed E-state index contributed by atoms with van der Waals surface area (Å²) in [6, 6.07) is 14.7. The van der Waals surface area contributed by atoms with E-state index >= 15 is 0 Å². The standard InChI is InChI=1S/C29H29ClFN3OS/c1-18-13-14-23(17-24(18)30)33-19(2)15-21(20(33)3)16-27-28(35)34(22-9-5-4-6-10-22)29(36-27)32-26-12-8-7-11-25(26)31/h7-8,11-17,22H,4-6,9-10H2,1-3H3/b27-16-,32-29?. The summed E-state index contributed by atoms with van der Waals surface area (Å²) in [5.74, 6) is -0.440. The lowest BCUT2D eigenvalue weighted by Gasteiger charge is -2.30. The summed E-state index contributed by atoms with van der Waals surface area (Å²) < 4.78 is 16.6. The minimum Gasteiger partial charge on any atom is -0.318 e. The summed E-state index contributed by atoms with van der Waals surface area (Å²) in [5, 5.41) is 1.28. The molecule has 3 aromatic rings. The van der Waals surface area contributed by atoms with Crippen molar-refractivity contribution in [1.29, 1.82) is 0 Å². The van der Waals surface area contributed by atoms with Gasteiger partial charge in [-0.2, -0.15) is 0 Å². The van der Waals surface area contributed by atoms with Gasteiger partial charge in [0.05, 0.1) is 4.91 Å². The molecule has 7 heteroatoms. The highest BCUT2D eigenvalue weighted by Crippen LogP contribution is 2.39. The number of aliphatic imine (C=N–C) groups is 1. The molecule has 5 rings (SSSR count). The number of para-hydroxylation sites is 1. The third-order valence-corrected chi connectivity index (χ3v) is 8.41. The van der Waals surface area contributed by atoms with Gasteiger partial charge in [0.2, 0.25) is 0 Å². The van der Waals surface area contributed by atoms with Crippen molar-refractivity contribution in [3.8, 4) is 5.69 Å². The normalized spacial score (nSPS) is 19.1. The first kappa shape index (κ1) is 24.8. The Morgan fingerprint density at radius 3 is 2.53 bits per heavy atom. The molecule has 36 heavy (non-hydrogen) atoms. The van der Waals surface area contributed by atoms with E-state index in [9.17, 15) is 9.18 Å². The number of benzene rings is 2. The van der Waals surface area contributed by atoms with Gasteiger partial charge in [-0.15, -0.1) is 0 Å². The molecule has 2 aliphatic rings. The van der Waals surface area contributed by atoms with Crippen LogP contribution >= 0.6 is 23.4 Å². The lowest BCUT2D eigenvalue weighted by atomic mass is 9.94. The number of hydrogen-bond donors (Lipinski definition) is 0. The van der Waals surface area contributed by atoms with Crippen LogP contribution in [0.25, 0.3) is 11.8 Å². The number of thioether (sulfide) groups is 1. The van der Waals surface area contributed by atoms with E-state index in [1.54, 1.807) is 23.1 Å². The van der Waals surface area contributed by atoms with Crippen LogP contribution in [0, 0.1) is 26.6 Å². The van der Waals surface area contributed by atoms with Gasteiger partial charge in [0.15, 0.2) is 5.17 Å². The van der Waals surface area contributed by atoms with Crippen molar-refractivity contribution in [3.05, 3.63) is 86.8 Å². The maximum absolute atomic E-state index is 14.4. The van der Waals surface area contributed by atoms with Gasteiger partial charge < -0.3 is 4.57 Å². The Labute approximate surface area is 220 Å². The van der Waals surface area contributed by atoms with Crippen LogP contribution in [0.3, 0.4) is 0 Å². The van der Waals surface area contributed by atoms with Gasteiger partial charge in [0, 0.05) is 28.1 Å². The Morgan fingerprint density at radius 2 is 1.81 bits per heavy atom. The minimum atomic E-state index is -0.389. The van der Waals surface area contributed by atoms with Gasteiger partial charge in [0.25, 0.3) is 5.91 Å². The first-order valence-electron chi connectivity index (χ1n) is 12.4. The molecule has 0 radical (unpaired) electrons. The van der Waals surface area contributed by atoms with Gasteiger partial charge in [-0.05, 0) is 92.9 Å². The number of hydrogen-bond acceptors (Lipinski definition) is 3. The van der Waals surface area contributed by atoms with Gasteiger partial charge in [0.1, 0.15) is 11.5 Å². The number of aromatic nitrogens is 1. The van der Waals surface area contributed by atoms with E-state index in [-0.39, 0.29) is 23.5 Å². The summed E-state index contributed by atoms with van der Waals surface area (Å²) >= 11 is 7.73. The molecule has 1 aromatic heterocycles. The molecular weight excluding hydrogens is 493 g/mol. The highest BCUT2D eigenvalue weighted by atomic mass is 35.5. The number of amidine groups is 1. The van der Waals surface area contributed by atoms with Gasteiger partial charge in [-0.25, -0.2) is 9.38 Å². The summed E-state index contributed by atoms with van der Waals surface area (Å²) in [6.07, 6.45) is 7.19. The number of amides is 1. The molecule has 1 aliphatic carbocycles. The Kier molecular flexibility index (Phi) is 7.09. The predicted octanol–water partition coefficient (Wildman–Crippen LogP) is 8.13. The third kappa shape index (κ3) is 4.76. The Morgan fingerprint density at radius 1 is 1.06 bits per heavy atom. The molecule has 0 atom stereocenters. The molecule has 1 aliphatic heterocycles. The second kappa shape index (κ2) is 10.3. The van der Waals surface area contributed by atoms with Crippen LogP contribution in [0.4, 0.5) is 10.1 Å². The van der Waals surface area contributed by atoms with Crippen molar-refractivity contribution < 1.29 is 9.18 Å². The molecule has 0 bridgehead atoms. The van der Waals surface area contributed by atoms with Crippen molar-refractivity contribution in [2.45, 2.75) is 58.9 Å². The summed E-state index contributed by atoms with van der Waals surface area (Å²) in [6.45, 7) is 6.08. The first-order valence-corrected chi connectivity index (χ1v) is 13.5. The number of nitrogens with zero attached hydrogens (tertiary/aromatic N) is 3. The van der Waals surface area contributed by atoms with Crippen molar-refractivity contribution >= 4 is 46.2 Å².